The lowest BCUT2D eigenvalue weighted by atomic mass is 9.66. The molecular weight excluding hydrogens is 224 g/mol. The van der Waals surface area contributed by atoms with Crippen LogP contribution >= 0.6 is 0 Å². The standard InChI is InChI=1S/C16H32O2/c1-3-14(4-2)10-11-16(12-17,13-18)15-8-6-5-7-9-15/h14-15,17-18H,3-13H2,1-2H3. The van der Waals surface area contributed by atoms with Gasteiger partial charge in [0.2, 0.25) is 0 Å². The number of aliphatic hydroxyl groups excluding tert-OH is 2. The van der Waals surface area contributed by atoms with E-state index in [0.29, 0.717) is 5.92 Å². The topological polar surface area (TPSA) is 40.5 Å². The second-order valence-electron chi connectivity index (χ2n) is 6.23. The van der Waals surface area contributed by atoms with Gasteiger partial charge in [-0.3, -0.25) is 0 Å². The SMILES string of the molecule is CCC(CC)CCC(CO)(CO)C1CCCCC1. The molecule has 2 N–H and O–H groups in total. The van der Waals surface area contributed by atoms with Gasteiger partial charge in [0, 0.05) is 5.41 Å². The van der Waals surface area contributed by atoms with E-state index in [-0.39, 0.29) is 18.6 Å². The highest BCUT2D eigenvalue weighted by atomic mass is 16.3. The lowest BCUT2D eigenvalue weighted by Crippen LogP contribution is -2.39. The molecule has 0 aromatic heterocycles. The van der Waals surface area contributed by atoms with Crippen molar-refractivity contribution in [3.8, 4) is 0 Å². The predicted molar refractivity (Wildman–Crippen MR) is 76.5 cm³/mol. The first-order valence-corrected chi connectivity index (χ1v) is 7.94. The third-order valence-corrected chi connectivity index (χ3v) is 5.31. The van der Waals surface area contributed by atoms with Crippen LogP contribution in [0.2, 0.25) is 0 Å². The quantitative estimate of drug-likeness (QED) is 0.694. The Labute approximate surface area is 113 Å². The summed E-state index contributed by atoms with van der Waals surface area (Å²) in [7, 11) is 0. The van der Waals surface area contributed by atoms with Gasteiger partial charge in [-0.15, -0.1) is 0 Å². The molecule has 0 radical (unpaired) electrons. The minimum atomic E-state index is -0.205. The van der Waals surface area contributed by atoms with Crippen molar-refractivity contribution < 1.29 is 10.2 Å². The van der Waals surface area contributed by atoms with Crippen LogP contribution < -0.4 is 0 Å². The van der Waals surface area contributed by atoms with Crippen molar-refractivity contribution in [1.29, 1.82) is 0 Å². The van der Waals surface area contributed by atoms with E-state index in [1.54, 1.807) is 0 Å². The molecule has 0 amide bonds. The molecule has 0 heterocycles. The monoisotopic (exact) mass is 256 g/mol. The van der Waals surface area contributed by atoms with E-state index < -0.39 is 0 Å². The second-order valence-corrected chi connectivity index (χ2v) is 6.23. The van der Waals surface area contributed by atoms with Gasteiger partial charge in [-0.25, -0.2) is 0 Å². The number of rotatable bonds is 8. The molecule has 0 unspecified atom stereocenters. The van der Waals surface area contributed by atoms with Gasteiger partial charge >= 0.3 is 0 Å². The summed E-state index contributed by atoms with van der Waals surface area (Å²) in [6.45, 7) is 4.81. The molecule has 0 aliphatic heterocycles. The third-order valence-electron chi connectivity index (χ3n) is 5.31. The van der Waals surface area contributed by atoms with Gasteiger partial charge in [0.25, 0.3) is 0 Å². The Bertz CT molecular complexity index is 201. The third kappa shape index (κ3) is 3.96. The molecule has 1 fully saturated rings. The van der Waals surface area contributed by atoms with Gasteiger partial charge < -0.3 is 10.2 Å². The van der Waals surface area contributed by atoms with Gasteiger partial charge in [-0.2, -0.15) is 0 Å². The Balaban J connectivity index is 2.60. The second kappa shape index (κ2) is 8.16. The fourth-order valence-corrected chi connectivity index (χ4v) is 3.57. The molecule has 0 bridgehead atoms. The number of hydrogen-bond acceptors (Lipinski definition) is 2. The molecule has 0 saturated heterocycles. The zero-order chi connectivity index (χ0) is 13.4. The van der Waals surface area contributed by atoms with Crippen LogP contribution in [0.4, 0.5) is 0 Å². The van der Waals surface area contributed by atoms with Crippen LogP contribution in [0.3, 0.4) is 0 Å². The first kappa shape index (κ1) is 16.0. The Morgan fingerprint density at radius 2 is 1.56 bits per heavy atom. The van der Waals surface area contributed by atoms with Crippen molar-refractivity contribution >= 4 is 0 Å². The van der Waals surface area contributed by atoms with E-state index in [1.165, 1.54) is 44.9 Å². The first-order chi connectivity index (χ1) is 8.72. The van der Waals surface area contributed by atoms with Crippen LogP contribution in [0.1, 0.15) is 71.6 Å². The van der Waals surface area contributed by atoms with E-state index in [4.69, 9.17) is 0 Å². The number of aliphatic hydroxyl groups is 2. The zero-order valence-corrected chi connectivity index (χ0v) is 12.3. The van der Waals surface area contributed by atoms with Crippen molar-refractivity contribution in [1.82, 2.24) is 0 Å². The van der Waals surface area contributed by atoms with Gasteiger partial charge in [0.05, 0.1) is 13.2 Å². The fraction of sp³-hybridized carbons (Fsp3) is 1.00. The molecule has 0 aromatic carbocycles. The summed E-state index contributed by atoms with van der Waals surface area (Å²) in [6.07, 6.45) is 10.9. The summed E-state index contributed by atoms with van der Waals surface area (Å²) in [5, 5.41) is 19.7. The summed E-state index contributed by atoms with van der Waals surface area (Å²) in [4.78, 5) is 0. The maximum absolute atomic E-state index is 9.83. The average Bonchev–Trinajstić information content (AvgIpc) is 2.45. The van der Waals surface area contributed by atoms with Crippen molar-refractivity contribution in [2.75, 3.05) is 13.2 Å². The van der Waals surface area contributed by atoms with Gasteiger partial charge in [-0.05, 0) is 37.5 Å². The Kier molecular flexibility index (Phi) is 7.25. The molecule has 1 saturated carbocycles. The smallest absolute Gasteiger partial charge is 0.0512 e. The predicted octanol–water partition coefficient (Wildman–Crippen LogP) is 3.75. The van der Waals surface area contributed by atoms with E-state index in [2.05, 4.69) is 13.8 Å². The average molecular weight is 256 g/mol. The van der Waals surface area contributed by atoms with E-state index >= 15 is 0 Å². The summed E-state index contributed by atoms with van der Waals surface area (Å²) in [6, 6.07) is 0. The normalized spacial score (nSPS) is 18.5. The molecular formula is C16H32O2. The van der Waals surface area contributed by atoms with Crippen molar-refractivity contribution in [3.63, 3.8) is 0 Å². The summed E-state index contributed by atoms with van der Waals surface area (Å²) in [5.74, 6) is 1.29. The molecule has 1 rings (SSSR count). The van der Waals surface area contributed by atoms with Gasteiger partial charge in [0.1, 0.15) is 0 Å². The summed E-state index contributed by atoms with van der Waals surface area (Å²) in [5.41, 5.74) is -0.205. The Hall–Kier alpha value is -0.0800. The zero-order valence-electron chi connectivity index (χ0n) is 12.3. The highest BCUT2D eigenvalue weighted by Gasteiger charge is 2.38. The minimum absolute atomic E-state index is 0.161. The minimum Gasteiger partial charge on any atom is -0.396 e. The molecule has 0 spiro atoms. The maximum atomic E-state index is 9.83. The van der Waals surface area contributed by atoms with E-state index in [0.717, 1.165) is 18.8 Å². The largest absolute Gasteiger partial charge is 0.396 e. The molecule has 1 aliphatic rings. The molecule has 0 atom stereocenters. The van der Waals surface area contributed by atoms with Gasteiger partial charge in [-0.1, -0.05) is 46.0 Å². The molecule has 18 heavy (non-hydrogen) atoms. The molecule has 108 valence electrons. The van der Waals surface area contributed by atoms with Crippen LogP contribution in [0.25, 0.3) is 0 Å². The lowest BCUT2D eigenvalue weighted by molar-refractivity contribution is -0.0217. The van der Waals surface area contributed by atoms with E-state index in [1.807, 2.05) is 0 Å². The number of hydrogen-bond donors (Lipinski definition) is 2. The Morgan fingerprint density at radius 3 is 2.00 bits per heavy atom. The van der Waals surface area contributed by atoms with Crippen LogP contribution in [-0.2, 0) is 0 Å². The van der Waals surface area contributed by atoms with Crippen LogP contribution in [0.5, 0.6) is 0 Å². The van der Waals surface area contributed by atoms with Crippen molar-refractivity contribution in [2.24, 2.45) is 17.3 Å². The molecule has 2 heteroatoms. The Morgan fingerprint density at radius 1 is 1.00 bits per heavy atom. The highest BCUT2D eigenvalue weighted by Crippen LogP contribution is 2.42. The first-order valence-electron chi connectivity index (χ1n) is 7.94. The van der Waals surface area contributed by atoms with Gasteiger partial charge in [0.15, 0.2) is 0 Å². The maximum Gasteiger partial charge on any atom is 0.0512 e. The molecule has 2 nitrogen and oxygen atoms in total. The van der Waals surface area contributed by atoms with Crippen LogP contribution in [0, 0.1) is 17.3 Å². The van der Waals surface area contributed by atoms with Crippen LogP contribution in [0.15, 0.2) is 0 Å². The summed E-state index contributed by atoms with van der Waals surface area (Å²) >= 11 is 0. The lowest BCUT2D eigenvalue weighted by Gasteiger charge is -2.41. The molecule has 1 aliphatic carbocycles. The summed E-state index contributed by atoms with van der Waals surface area (Å²) < 4.78 is 0. The fourth-order valence-electron chi connectivity index (χ4n) is 3.57. The van der Waals surface area contributed by atoms with E-state index in [9.17, 15) is 10.2 Å². The highest BCUT2D eigenvalue weighted by molar-refractivity contribution is 4.88. The molecule has 0 aromatic rings. The van der Waals surface area contributed by atoms with Crippen molar-refractivity contribution in [2.45, 2.75) is 71.6 Å². The van der Waals surface area contributed by atoms with Crippen molar-refractivity contribution in [3.05, 3.63) is 0 Å². The van der Waals surface area contributed by atoms with Crippen LogP contribution in [-0.4, -0.2) is 23.4 Å².